The van der Waals surface area contributed by atoms with Gasteiger partial charge in [0.15, 0.2) is 0 Å². The summed E-state index contributed by atoms with van der Waals surface area (Å²) < 4.78 is 13.5. The average Bonchev–Trinajstić information content (AvgIpc) is 3.31. The molecule has 0 fully saturated rings. The molecule has 0 aromatic heterocycles. The van der Waals surface area contributed by atoms with E-state index in [9.17, 15) is 9.59 Å². The number of carbonyl (C=O) groups excluding carboxylic acids is 2. The van der Waals surface area contributed by atoms with Crippen molar-refractivity contribution in [2.24, 2.45) is 22.9 Å². The molecule has 0 aliphatic heterocycles. The van der Waals surface area contributed by atoms with Gasteiger partial charge in [0.2, 0.25) is 11.8 Å². The zero-order chi connectivity index (χ0) is 45.8. The highest BCUT2D eigenvalue weighted by Crippen LogP contribution is 2.45. The number of amides is 2. The summed E-state index contributed by atoms with van der Waals surface area (Å²) in [7, 11) is 0. The zero-order valence-corrected chi connectivity index (χ0v) is 44.6. The van der Waals surface area contributed by atoms with E-state index in [0.717, 1.165) is 95.5 Å². The Balaban J connectivity index is 0.0000112. The Morgan fingerprint density at radius 1 is 0.456 bits per heavy atom. The fourth-order valence-corrected chi connectivity index (χ4v) is 8.70. The summed E-state index contributed by atoms with van der Waals surface area (Å²) in [5, 5.41) is 4.36. The van der Waals surface area contributed by atoms with Crippen molar-refractivity contribution in [2.45, 2.75) is 154 Å². The van der Waals surface area contributed by atoms with Gasteiger partial charge >= 0.3 is 0 Å². The predicted molar refractivity (Wildman–Crippen MR) is 298 cm³/mol. The number of carbonyl (C=O) groups is 2. The second-order valence-electron chi connectivity index (χ2n) is 17.7. The van der Waals surface area contributed by atoms with Gasteiger partial charge < -0.3 is 42.2 Å². The van der Waals surface area contributed by atoms with E-state index in [1.807, 2.05) is 9.80 Å². The zero-order valence-electron chi connectivity index (χ0n) is 41.4. The third-order valence-electron chi connectivity index (χ3n) is 12.5. The van der Waals surface area contributed by atoms with Gasteiger partial charge in [-0.05, 0) is 98.1 Å². The molecule has 2 amide bonds. The number of ether oxygens (including phenoxy) is 2. The first-order valence-corrected chi connectivity index (χ1v) is 25.1. The number of fused-ring (bicyclic) bond motifs is 2. The van der Waals surface area contributed by atoms with Crippen molar-refractivity contribution in [2.75, 3.05) is 52.5 Å². The Morgan fingerprint density at radius 3 is 1.19 bits per heavy atom. The Hall–Kier alpha value is -3.06. The van der Waals surface area contributed by atoms with Crippen LogP contribution in [-0.4, -0.2) is 86.2 Å². The van der Waals surface area contributed by atoms with E-state index in [0.29, 0.717) is 78.2 Å². The minimum Gasteiger partial charge on any atom is -0.493 e. The maximum absolute atomic E-state index is 13.6. The molecule has 0 radical (unpaired) electrons. The van der Waals surface area contributed by atoms with Crippen molar-refractivity contribution in [1.29, 1.82) is 0 Å². The molecule has 14 heteroatoms. The smallest absolute Gasteiger partial charge is 0.239 e. The van der Waals surface area contributed by atoms with Crippen molar-refractivity contribution in [3.63, 3.8) is 0 Å². The highest BCUT2D eigenvalue weighted by Gasteiger charge is 2.23. The second-order valence-corrected chi connectivity index (χ2v) is 17.7. The Bertz CT molecular complexity index is 1810. The van der Waals surface area contributed by atoms with E-state index >= 15 is 0 Å². The molecule has 2 atom stereocenters. The first kappa shape index (κ1) is 64.9. The number of nitrogens with two attached hydrogens (primary N) is 4. The van der Waals surface area contributed by atoms with Gasteiger partial charge in [0.1, 0.15) is 11.5 Å². The third-order valence-corrected chi connectivity index (χ3v) is 12.5. The monoisotopic (exact) mass is 1020 g/mol. The standard InChI is InChI=1S/C54H84N6O4.4ClH/c1-3-5-7-9-11-21-37-59(53(61)47(57)29-17-19-35-55)39-23-41-63-49-33-31-43-25-13-15-27-45(43)51(49)52-46-28-16-14-26-44(46)32-34-50(52)64-42-24-40-60(38-22-12-10-8-6-4-2)54(62)48(58)30-18-20-36-56;;;;/h13-16,25-28,31-34,47-48H,3-12,17-24,29-30,35-42,55-58H2,1-2H3;4*1H/t47-,48-;;;;/m0..../s1. The lowest BCUT2D eigenvalue weighted by Crippen LogP contribution is -2.45. The summed E-state index contributed by atoms with van der Waals surface area (Å²) in [4.78, 5) is 31.2. The summed E-state index contributed by atoms with van der Waals surface area (Å²) >= 11 is 0. The van der Waals surface area contributed by atoms with Gasteiger partial charge in [-0.2, -0.15) is 0 Å². The molecule has 4 aromatic carbocycles. The Labute approximate surface area is 434 Å². The molecule has 4 rings (SSSR count). The molecule has 0 aliphatic rings. The number of nitrogens with zero attached hydrogens (tertiary/aromatic N) is 2. The minimum atomic E-state index is -0.516. The van der Waals surface area contributed by atoms with Gasteiger partial charge in [-0.3, -0.25) is 9.59 Å². The maximum atomic E-state index is 13.6. The van der Waals surface area contributed by atoms with Crippen LogP contribution < -0.4 is 32.4 Å². The van der Waals surface area contributed by atoms with Crippen LogP contribution in [0, 0.1) is 0 Å². The number of hydrogen-bond acceptors (Lipinski definition) is 8. The average molecular weight is 1030 g/mol. The van der Waals surface area contributed by atoms with Gasteiger partial charge in [-0.25, -0.2) is 0 Å². The van der Waals surface area contributed by atoms with Crippen molar-refractivity contribution in [3.8, 4) is 22.6 Å². The largest absolute Gasteiger partial charge is 0.493 e. The molecule has 386 valence electrons. The molecule has 68 heavy (non-hydrogen) atoms. The van der Waals surface area contributed by atoms with E-state index in [1.165, 1.54) is 51.4 Å². The van der Waals surface area contributed by atoms with Crippen molar-refractivity contribution in [3.05, 3.63) is 72.8 Å². The summed E-state index contributed by atoms with van der Waals surface area (Å²) in [6, 6.07) is 24.2. The van der Waals surface area contributed by atoms with Crippen molar-refractivity contribution < 1.29 is 19.1 Å². The van der Waals surface area contributed by atoms with Crippen LogP contribution in [0.1, 0.15) is 142 Å². The lowest BCUT2D eigenvalue weighted by atomic mass is 9.92. The van der Waals surface area contributed by atoms with Gasteiger partial charge in [-0.1, -0.05) is 152 Å². The number of unbranched alkanes of at least 4 members (excludes halogenated alkanes) is 12. The molecule has 10 nitrogen and oxygen atoms in total. The molecule has 0 bridgehead atoms. The molecule has 0 heterocycles. The molecular weight excluding hydrogens is 938 g/mol. The first-order chi connectivity index (χ1) is 31.3. The van der Waals surface area contributed by atoms with E-state index < -0.39 is 12.1 Å². The Morgan fingerprint density at radius 2 is 0.809 bits per heavy atom. The summed E-state index contributed by atoms with van der Waals surface area (Å²) in [5.74, 6) is 1.59. The first-order valence-electron chi connectivity index (χ1n) is 25.1. The quantitative estimate of drug-likeness (QED) is 0.0331. The number of hydrogen-bond donors (Lipinski definition) is 4. The summed E-state index contributed by atoms with van der Waals surface area (Å²) in [5.41, 5.74) is 26.3. The second kappa shape index (κ2) is 38.7. The SMILES string of the molecule is CCCCCCCCN(CCCOc1ccc2ccccc2c1-c1c(OCCCN(CCCCCCCC)C(=O)[C@@H](N)CCCCN)ccc2ccccc12)C(=O)[C@@H](N)CCCCN.Cl.Cl.Cl.Cl. The minimum absolute atomic E-state index is 0. The van der Waals surface area contributed by atoms with Gasteiger partial charge in [0.25, 0.3) is 0 Å². The normalized spacial score (nSPS) is 11.7. The van der Waals surface area contributed by atoms with Crippen LogP contribution in [0.15, 0.2) is 72.8 Å². The van der Waals surface area contributed by atoms with E-state index in [-0.39, 0.29) is 61.4 Å². The molecular formula is C54H88Cl4N6O4. The predicted octanol–water partition coefficient (Wildman–Crippen LogP) is 12.2. The van der Waals surface area contributed by atoms with Crippen LogP contribution in [0.3, 0.4) is 0 Å². The summed E-state index contributed by atoms with van der Waals surface area (Å²) in [6.07, 6.45) is 20.0. The van der Waals surface area contributed by atoms with E-state index in [1.54, 1.807) is 0 Å². The van der Waals surface area contributed by atoms with Crippen LogP contribution >= 0.6 is 49.6 Å². The van der Waals surface area contributed by atoms with Crippen molar-refractivity contribution >= 4 is 83.0 Å². The topological polar surface area (TPSA) is 163 Å². The molecule has 0 saturated carbocycles. The molecule has 0 aliphatic carbocycles. The van der Waals surface area contributed by atoms with Gasteiger partial charge in [0, 0.05) is 37.3 Å². The fourth-order valence-electron chi connectivity index (χ4n) is 8.70. The van der Waals surface area contributed by atoms with Crippen LogP contribution in [0.2, 0.25) is 0 Å². The lowest BCUT2D eigenvalue weighted by molar-refractivity contribution is -0.133. The van der Waals surface area contributed by atoms with E-state index in [4.69, 9.17) is 32.4 Å². The highest BCUT2D eigenvalue weighted by atomic mass is 35.5. The summed E-state index contributed by atoms with van der Waals surface area (Å²) in [6.45, 7) is 9.13. The Kier molecular flexibility index (Phi) is 36.9. The van der Waals surface area contributed by atoms with Gasteiger partial charge in [0.05, 0.1) is 25.3 Å². The fraction of sp³-hybridized carbons (Fsp3) is 0.593. The number of rotatable bonds is 35. The maximum Gasteiger partial charge on any atom is 0.239 e. The molecule has 4 aromatic rings. The molecule has 0 unspecified atom stereocenters. The van der Waals surface area contributed by atoms with Crippen LogP contribution in [-0.2, 0) is 9.59 Å². The van der Waals surface area contributed by atoms with Crippen LogP contribution in [0.4, 0.5) is 0 Å². The van der Waals surface area contributed by atoms with Crippen LogP contribution in [0.5, 0.6) is 11.5 Å². The van der Waals surface area contributed by atoms with Gasteiger partial charge in [-0.15, -0.1) is 49.6 Å². The number of halogens is 4. The lowest BCUT2D eigenvalue weighted by Gasteiger charge is -2.26. The highest BCUT2D eigenvalue weighted by molar-refractivity contribution is 6.09. The third kappa shape index (κ3) is 21.9. The van der Waals surface area contributed by atoms with Crippen molar-refractivity contribution in [1.82, 2.24) is 9.80 Å². The molecule has 0 spiro atoms. The molecule has 8 N–H and O–H groups in total. The number of benzene rings is 4. The van der Waals surface area contributed by atoms with E-state index in [2.05, 4.69) is 86.6 Å². The molecule has 0 saturated heterocycles. The van der Waals surface area contributed by atoms with Crippen LogP contribution in [0.25, 0.3) is 32.7 Å².